The number of rotatable bonds is 9. The second-order valence-corrected chi connectivity index (χ2v) is 7.66. The van der Waals surface area contributed by atoms with E-state index >= 15 is 0 Å². The number of benzene rings is 3. The molecule has 7 heteroatoms. The lowest BCUT2D eigenvalue weighted by Gasteiger charge is -2.14. The SMILES string of the molecule is CCOc1ccc(N2C(=O)c3ccc(C(=O)OCCCC(=O)c4ccccc4)cc3C2=O)cc1. The molecule has 0 aromatic heterocycles. The van der Waals surface area contributed by atoms with E-state index in [1.807, 2.05) is 13.0 Å². The van der Waals surface area contributed by atoms with Gasteiger partial charge in [0, 0.05) is 12.0 Å². The van der Waals surface area contributed by atoms with E-state index in [4.69, 9.17) is 9.47 Å². The molecule has 2 amide bonds. The van der Waals surface area contributed by atoms with Crippen molar-refractivity contribution in [2.45, 2.75) is 19.8 Å². The normalized spacial score (nSPS) is 12.4. The molecule has 0 atom stereocenters. The molecule has 1 aliphatic rings. The summed E-state index contributed by atoms with van der Waals surface area (Å²) >= 11 is 0. The minimum absolute atomic E-state index is 0.0207. The lowest BCUT2D eigenvalue weighted by atomic mass is 10.1. The Morgan fingerprint density at radius 3 is 2.24 bits per heavy atom. The van der Waals surface area contributed by atoms with Crippen molar-refractivity contribution in [1.82, 2.24) is 0 Å². The van der Waals surface area contributed by atoms with Gasteiger partial charge in [-0.2, -0.15) is 0 Å². The van der Waals surface area contributed by atoms with Crippen molar-refractivity contribution >= 4 is 29.3 Å². The third-order valence-corrected chi connectivity index (χ3v) is 5.41. The largest absolute Gasteiger partial charge is 0.494 e. The van der Waals surface area contributed by atoms with Gasteiger partial charge in [0.25, 0.3) is 11.8 Å². The van der Waals surface area contributed by atoms with Gasteiger partial charge in [-0.1, -0.05) is 30.3 Å². The number of anilines is 1. The number of ether oxygens (including phenoxy) is 2. The molecular weight excluding hydrogens is 434 g/mol. The van der Waals surface area contributed by atoms with Crippen LogP contribution in [-0.2, 0) is 4.74 Å². The van der Waals surface area contributed by atoms with Gasteiger partial charge in [-0.25, -0.2) is 9.69 Å². The van der Waals surface area contributed by atoms with Crippen molar-refractivity contribution in [1.29, 1.82) is 0 Å². The summed E-state index contributed by atoms with van der Waals surface area (Å²) in [5.74, 6) is -0.962. The number of carbonyl (C=O) groups is 4. The van der Waals surface area contributed by atoms with Crippen molar-refractivity contribution in [3.8, 4) is 5.75 Å². The first-order valence-corrected chi connectivity index (χ1v) is 11.0. The number of imide groups is 1. The van der Waals surface area contributed by atoms with E-state index in [9.17, 15) is 19.2 Å². The third-order valence-electron chi connectivity index (χ3n) is 5.41. The molecule has 34 heavy (non-hydrogen) atoms. The van der Waals surface area contributed by atoms with Crippen molar-refractivity contribution in [2.75, 3.05) is 18.1 Å². The van der Waals surface area contributed by atoms with Gasteiger partial charge in [-0.05, 0) is 55.8 Å². The molecule has 0 radical (unpaired) electrons. The fourth-order valence-corrected chi connectivity index (χ4v) is 3.71. The average Bonchev–Trinajstić information content (AvgIpc) is 3.12. The maximum atomic E-state index is 12.9. The predicted octanol–water partition coefficient (Wildman–Crippen LogP) is 4.71. The summed E-state index contributed by atoms with van der Waals surface area (Å²) in [7, 11) is 0. The fourth-order valence-electron chi connectivity index (χ4n) is 3.71. The van der Waals surface area contributed by atoms with E-state index in [-0.39, 0.29) is 35.5 Å². The Kier molecular flexibility index (Phi) is 6.82. The van der Waals surface area contributed by atoms with Crippen LogP contribution in [0.3, 0.4) is 0 Å². The number of hydrogen-bond donors (Lipinski definition) is 0. The minimum atomic E-state index is -0.616. The minimum Gasteiger partial charge on any atom is -0.494 e. The number of fused-ring (bicyclic) bond motifs is 1. The molecule has 172 valence electrons. The van der Waals surface area contributed by atoms with Crippen LogP contribution in [0.5, 0.6) is 5.75 Å². The third kappa shape index (κ3) is 4.73. The van der Waals surface area contributed by atoms with Crippen molar-refractivity contribution in [3.63, 3.8) is 0 Å². The summed E-state index contributed by atoms with van der Waals surface area (Å²) in [6.07, 6.45) is 0.638. The van der Waals surface area contributed by atoms with Gasteiger partial charge >= 0.3 is 5.97 Å². The van der Waals surface area contributed by atoms with Crippen LogP contribution in [0.4, 0.5) is 5.69 Å². The van der Waals surface area contributed by atoms with Crippen LogP contribution in [0, 0.1) is 0 Å². The van der Waals surface area contributed by atoms with Crippen molar-refractivity contribution < 1.29 is 28.7 Å². The van der Waals surface area contributed by atoms with Crippen LogP contribution in [0.2, 0.25) is 0 Å². The first-order chi connectivity index (χ1) is 16.5. The summed E-state index contributed by atoms with van der Waals surface area (Å²) in [6, 6.07) is 19.9. The summed E-state index contributed by atoms with van der Waals surface area (Å²) < 4.78 is 10.7. The zero-order valence-corrected chi connectivity index (χ0v) is 18.7. The van der Waals surface area contributed by atoms with E-state index in [1.165, 1.54) is 18.2 Å². The topological polar surface area (TPSA) is 90.0 Å². The Labute approximate surface area is 196 Å². The van der Waals surface area contributed by atoms with Gasteiger partial charge in [0.15, 0.2) is 5.78 Å². The number of esters is 1. The van der Waals surface area contributed by atoms with Gasteiger partial charge in [0.2, 0.25) is 0 Å². The Morgan fingerprint density at radius 1 is 0.824 bits per heavy atom. The summed E-state index contributed by atoms with van der Waals surface area (Å²) in [5, 5.41) is 0. The average molecular weight is 457 g/mol. The van der Waals surface area contributed by atoms with Crippen LogP contribution in [0.25, 0.3) is 0 Å². The molecular formula is C27H23NO6. The molecule has 0 N–H and O–H groups in total. The molecule has 0 spiro atoms. The maximum absolute atomic E-state index is 12.9. The molecule has 4 rings (SSSR count). The summed E-state index contributed by atoms with van der Waals surface area (Å²) in [4.78, 5) is 51.4. The summed E-state index contributed by atoms with van der Waals surface area (Å²) in [5.41, 5.74) is 1.58. The van der Waals surface area contributed by atoms with Crippen molar-refractivity contribution in [2.24, 2.45) is 0 Å². The van der Waals surface area contributed by atoms with Gasteiger partial charge in [0.1, 0.15) is 5.75 Å². The Balaban J connectivity index is 1.38. The van der Waals surface area contributed by atoms with Gasteiger partial charge in [0.05, 0.1) is 35.6 Å². The van der Waals surface area contributed by atoms with Crippen LogP contribution >= 0.6 is 0 Å². The number of ketones is 1. The monoisotopic (exact) mass is 457 g/mol. The Morgan fingerprint density at radius 2 is 1.53 bits per heavy atom. The van der Waals surface area contributed by atoms with Crippen molar-refractivity contribution in [3.05, 3.63) is 95.1 Å². The Bertz CT molecular complexity index is 1230. The van der Waals surface area contributed by atoms with Gasteiger partial charge in [-0.3, -0.25) is 14.4 Å². The highest BCUT2D eigenvalue weighted by Crippen LogP contribution is 2.30. The van der Waals surface area contributed by atoms with Gasteiger partial charge < -0.3 is 9.47 Å². The molecule has 7 nitrogen and oxygen atoms in total. The second kappa shape index (κ2) is 10.1. The number of nitrogens with zero attached hydrogens (tertiary/aromatic N) is 1. The zero-order valence-electron chi connectivity index (χ0n) is 18.7. The van der Waals surface area contributed by atoms with E-state index in [0.717, 1.165) is 4.90 Å². The molecule has 0 aliphatic carbocycles. The fraction of sp³-hybridized carbons (Fsp3) is 0.185. The first kappa shape index (κ1) is 22.9. The van der Waals surface area contributed by atoms with E-state index < -0.39 is 17.8 Å². The molecule has 0 bridgehead atoms. The molecule has 0 saturated carbocycles. The van der Waals surface area contributed by atoms with Crippen LogP contribution < -0.4 is 9.64 Å². The number of hydrogen-bond acceptors (Lipinski definition) is 6. The molecule has 1 aliphatic heterocycles. The van der Waals surface area contributed by atoms with Crippen LogP contribution in [0.1, 0.15) is 61.2 Å². The molecule has 3 aromatic rings. The van der Waals surface area contributed by atoms with Crippen LogP contribution in [0.15, 0.2) is 72.8 Å². The molecule has 1 heterocycles. The van der Waals surface area contributed by atoms with Crippen LogP contribution in [-0.4, -0.2) is 36.8 Å². The second-order valence-electron chi connectivity index (χ2n) is 7.66. The molecule has 3 aromatic carbocycles. The highest BCUT2D eigenvalue weighted by molar-refractivity contribution is 6.34. The lowest BCUT2D eigenvalue weighted by molar-refractivity contribution is 0.0494. The molecule has 0 unspecified atom stereocenters. The van der Waals surface area contributed by atoms with E-state index in [1.54, 1.807) is 48.5 Å². The number of Topliss-reactive ketones (excluding diaryl/α,β-unsaturated/α-hetero) is 1. The number of carbonyl (C=O) groups excluding carboxylic acids is 4. The van der Waals surface area contributed by atoms with E-state index in [0.29, 0.717) is 30.0 Å². The Hall–Kier alpha value is -4.26. The summed E-state index contributed by atoms with van der Waals surface area (Å²) in [6.45, 7) is 2.44. The standard InChI is InChI=1S/C27H23NO6/c1-2-33-21-13-11-20(12-14-21)28-25(30)22-15-10-19(17-23(22)26(28)31)27(32)34-16-6-9-24(29)18-7-4-3-5-8-18/h3-5,7-8,10-15,17H,2,6,9,16H2,1H3. The lowest BCUT2D eigenvalue weighted by Crippen LogP contribution is -2.29. The highest BCUT2D eigenvalue weighted by atomic mass is 16.5. The molecule has 0 saturated heterocycles. The first-order valence-electron chi connectivity index (χ1n) is 11.0. The zero-order chi connectivity index (χ0) is 24.1. The quantitative estimate of drug-likeness (QED) is 0.200. The van der Waals surface area contributed by atoms with E-state index in [2.05, 4.69) is 0 Å². The molecule has 0 fully saturated rings. The number of amides is 2. The maximum Gasteiger partial charge on any atom is 0.338 e. The van der Waals surface area contributed by atoms with Gasteiger partial charge in [-0.15, -0.1) is 0 Å². The highest BCUT2D eigenvalue weighted by Gasteiger charge is 2.37. The smallest absolute Gasteiger partial charge is 0.338 e. The predicted molar refractivity (Wildman–Crippen MR) is 125 cm³/mol.